The van der Waals surface area contributed by atoms with E-state index < -0.39 is 0 Å². The van der Waals surface area contributed by atoms with Crippen molar-refractivity contribution in [3.05, 3.63) is 35.8 Å². The molecule has 0 aromatic carbocycles. The minimum absolute atomic E-state index is 0.333. The number of imidazole rings is 1. The molecule has 0 bridgehead atoms. The van der Waals surface area contributed by atoms with Gasteiger partial charge in [-0.3, -0.25) is 4.90 Å². The Hall–Kier alpha value is -1.88. The fraction of sp³-hybridized carbons (Fsp3) is 0.500. The molecule has 0 radical (unpaired) electrons. The maximum atomic E-state index is 11.9. The van der Waals surface area contributed by atoms with Crippen LogP contribution in [0.1, 0.15) is 35.7 Å². The lowest BCUT2D eigenvalue weighted by Crippen LogP contribution is -2.33. The van der Waals surface area contributed by atoms with Crippen molar-refractivity contribution in [3.63, 3.8) is 0 Å². The SMILES string of the molecule is COC(=O)c1cc(CN2CCCC(C)C2)cn2ccnc12. The minimum atomic E-state index is -0.333. The van der Waals surface area contributed by atoms with Crippen molar-refractivity contribution in [2.45, 2.75) is 26.3 Å². The van der Waals surface area contributed by atoms with Crippen LogP contribution in [0.5, 0.6) is 0 Å². The second-order valence-corrected chi connectivity index (χ2v) is 5.89. The predicted molar refractivity (Wildman–Crippen MR) is 80.2 cm³/mol. The zero-order chi connectivity index (χ0) is 14.8. The van der Waals surface area contributed by atoms with Gasteiger partial charge >= 0.3 is 5.97 Å². The van der Waals surface area contributed by atoms with E-state index in [0.29, 0.717) is 11.2 Å². The third-order valence-corrected chi connectivity index (χ3v) is 4.10. The van der Waals surface area contributed by atoms with Crippen LogP contribution >= 0.6 is 0 Å². The molecule has 0 spiro atoms. The van der Waals surface area contributed by atoms with Gasteiger partial charge in [0, 0.05) is 31.7 Å². The molecule has 1 aliphatic rings. The van der Waals surface area contributed by atoms with Gasteiger partial charge in [-0.1, -0.05) is 6.92 Å². The number of fused-ring (bicyclic) bond motifs is 1. The lowest BCUT2D eigenvalue weighted by Gasteiger charge is -2.30. The molecule has 5 nitrogen and oxygen atoms in total. The van der Waals surface area contributed by atoms with Gasteiger partial charge < -0.3 is 9.14 Å². The summed E-state index contributed by atoms with van der Waals surface area (Å²) in [6, 6.07) is 1.91. The zero-order valence-corrected chi connectivity index (χ0v) is 12.6. The van der Waals surface area contributed by atoms with Crippen LogP contribution in [0.15, 0.2) is 24.7 Å². The van der Waals surface area contributed by atoms with Crippen LogP contribution in [0, 0.1) is 5.92 Å². The number of esters is 1. The molecule has 1 saturated heterocycles. The van der Waals surface area contributed by atoms with E-state index in [1.54, 1.807) is 6.20 Å². The van der Waals surface area contributed by atoms with Crippen molar-refractivity contribution >= 4 is 11.6 Å². The third kappa shape index (κ3) is 2.93. The average Bonchev–Trinajstić information content (AvgIpc) is 2.94. The number of hydrogen-bond donors (Lipinski definition) is 0. The first-order chi connectivity index (χ1) is 10.2. The largest absolute Gasteiger partial charge is 0.465 e. The van der Waals surface area contributed by atoms with Crippen LogP contribution < -0.4 is 0 Å². The molecule has 2 aromatic heterocycles. The first-order valence-corrected chi connectivity index (χ1v) is 7.43. The van der Waals surface area contributed by atoms with Gasteiger partial charge in [0.2, 0.25) is 0 Å². The Morgan fingerprint density at radius 1 is 1.52 bits per heavy atom. The molecule has 1 unspecified atom stereocenters. The Labute approximate surface area is 124 Å². The van der Waals surface area contributed by atoms with Gasteiger partial charge in [0.1, 0.15) is 5.56 Å². The van der Waals surface area contributed by atoms with Crippen molar-refractivity contribution in [3.8, 4) is 0 Å². The maximum absolute atomic E-state index is 11.9. The molecule has 0 amide bonds. The van der Waals surface area contributed by atoms with Crippen LogP contribution in [-0.4, -0.2) is 40.5 Å². The number of aromatic nitrogens is 2. The Bertz CT molecular complexity index is 650. The molecule has 1 fully saturated rings. The fourth-order valence-electron chi connectivity index (χ4n) is 3.13. The number of methoxy groups -OCH3 is 1. The van der Waals surface area contributed by atoms with Gasteiger partial charge in [0.15, 0.2) is 5.65 Å². The highest BCUT2D eigenvalue weighted by atomic mass is 16.5. The fourth-order valence-corrected chi connectivity index (χ4v) is 3.13. The summed E-state index contributed by atoms with van der Waals surface area (Å²) in [5, 5.41) is 0. The number of carbonyl (C=O) groups is 1. The predicted octanol–water partition coefficient (Wildman–Crippen LogP) is 2.35. The standard InChI is InChI=1S/C16H21N3O2/c1-12-4-3-6-18(9-12)10-13-8-14(16(20)21-2)15-17-5-7-19(15)11-13/h5,7-8,11-12H,3-4,6,9-10H2,1-2H3. The van der Waals surface area contributed by atoms with Gasteiger partial charge in [-0.05, 0) is 36.9 Å². The van der Waals surface area contributed by atoms with Crippen LogP contribution in [0.2, 0.25) is 0 Å². The molecule has 0 aliphatic carbocycles. The number of nitrogens with zero attached hydrogens (tertiary/aromatic N) is 3. The number of ether oxygens (including phenoxy) is 1. The van der Waals surface area contributed by atoms with Gasteiger partial charge in [0.05, 0.1) is 7.11 Å². The van der Waals surface area contributed by atoms with Crippen molar-refractivity contribution < 1.29 is 9.53 Å². The summed E-state index contributed by atoms with van der Waals surface area (Å²) in [5.41, 5.74) is 2.30. The quantitative estimate of drug-likeness (QED) is 0.813. The van der Waals surface area contributed by atoms with Gasteiger partial charge in [0.25, 0.3) is 0 Å². The Morgan fingerprint density at radius 2 is 2.38 bits per heavy atom. The first kappa shape index (κ1) is 14.1. The molecule has 3 heterocycles. The highest BCUT2D eigenvalue weighted by molar-refractivity contribution is 5.95. The normalized spacial score (nSPS) is 19.8. The molecular formula is C16H21N3O2. The number of rotatable bonds is 3. The van der Waals surface area contributed by atoms with Crippen LogP contribution in [-0.2, 0) is 11.3 Å². The molecule has 21 heavy (non-hydrogen) atoms. The summed E-state index contributed by atoms with van der Waals surface area (Å²) >= 11 is 0. The monoisotopic (exact) mass is 287 g/mol. The number of piperidine rings is 1. The summed E-state index contributed by atoms with van der Waals surface area (Å²) in [7, 11) is 1.40. The van der Waals surface area contributed by atoms with E-state index >= 15 is 0 Å². The number of pyridine rings is 1. The van der Waals surface area contributed by atoms with Crippen molar-refractivity contribution in [1.29, 1.82) is 0 Å². The van der Waals surface area contributed by atoms with Gasteiger partial charge in [-0.2, -0.15) is 0 Å². The zero-order valence-electron chi connectivity index (χ0n) is 12.6. The maximum Gasteiger partial charge on any atom is 0.341 e. The van der Waals surface area contributed by atoms with E-state index in [-0.39, 0.29) is 5.97 Å². The topological polar surface area (TPSA) is 46.8 Å². The lowest BCUT2D eigenvalue weighted by atomic mass is 10.00. The molecule has 112 valence electrons. The van der Waals surface area contributed by atoms with E-state index in [9.17, 15) is 4.79 Å². The summed E-state index contributed by atoms with van der Waals surface area (Å²) in [5.74, 6) is 0.413. The minimum Gasteiger partial charge on any atom is -0.465 e. The van der Waals surface area contributed by atoms with Gasteiger partial charge in [-0.25, -0.2) is 9.78 Å². The van der Waals surface area contributed by atoms with E-state index in [1.807, 2.05) is 22.9 Å². The third-order valence-electron chi connectivity index (χ3n) is 4.10. The Kier molecular flexibility index (Phi) is 3.92. The lowest BCUT2D eigenvalue weighted by molar-refractivity contribution is 0.0602. The smallest absolute Gasteiger partial charge is 0.341 e. The molecule has 0 N–H and O–H groups in total. The molecule has 1 aliphatic heterocycles. The van der Waals surface area contributed by atoms with Crippen molar-refractivity contribution in [2.24, 2.45) is 5.92 Å². The molecule has 1 atom stereocenters. The second-order valence-electron chi connectivity index (χ2n) is 5.89. The summed E-state index contributed by atoms with van der Waals surface area (Å²) in [4.78, 5) is 18.6. The molecule has 3 rings (SSSR count). The van der Waals surface area contributed by atoms with Gasteiger partial charge in [-0.15, -0.1) is 0 Å². The summed E-state index contributed by atoms with van der Waals surface area (Å²) in [6.45, 7) is 5.41. The van der Waals surface area contributed by atoms with E-state index in [4.69, 9.17) is 4.74 Å². The number of hydrogen-bond acceptors (Lipinski definition) is 4. The van der Waals surface area contributed by atoms with E-state index in [2.05, 4.69) is 16.8 Å². The highest BCUT2D eigenvalue weighted by Gasteiger charge is 2.18. The summed E-state index contributed by atoms with van der Waals surface area (Å²) in [6.07, 6.45) is 8.18. The number of likely N-dealkylation sites (tertiary alicyclic amines) is 1. The van der Waals surface area contributed by atoms with Crippen LogP contribution in [0.4, 0.5) is 0 Å². The first-order valence-electron chi connectivity index (χ1n) is 7.43. The molecule has 2 aromatic rings. The Morgan fingerprint density at radius 3 is 3.14 bits per heavy atom. The summed E-state index contributed by atoms with van der Waals surface area (Å²) < 4.78 is 6.77. The van der Waals surface area contributed by atoms with Crippen LogP contribution in [0.3, 0.4) is 0 Å². The Balaban J connectivity index is 1.89. The van der Waals surface area contributed by atoms with Crippen molar-refractivity contribution in [1.82, 2.24) is 14.3 Å². The molecule has 0 saturated carbocycles. The van der Waals surface area contributed by atoms with E-state index in [1.165, 1.54) is 20.0 Å². The van der Waals surface area contributed by atoms with E-state index in [0.717, 1.165) is 31.1 Å². The number of carbonyl (C=O) groups excluding carboxylic acids is 1. The average molecular weight is 287 g/mol. The molecular weight excluding hydrogens is 266 g/mol. The van der Waals surface area contributed by atoms with Crippen molar-refractivity contribution in [2.75, 3.05) is 20.2 Å². The highest BCUT2D eigenvalue weighted by Crippen LogP contribution is 2.20. The van der Waals surface area contributed by atoms with Crippen LogP contribution in [0.25, 0.3) is 5.65 Å². The second kappa shape index (κ2) is 5.85. The molecule has 5 heteroatoms.